The third-order valence-electron chi connectivity index (χ3n) is 7.05. The van der Waals surface area contributed by atoms with Crippen LogP contribution in [0.5, 0.6) is 0 Å². The molecule has 0 spiro atoms. The highest BCUT2D eigenvalue weighted by Gasteiger charge is 2.25. The summed E-state index contributed by atoms with van der Waals surface area (Å²) in [5.74, 6) is 0.354. The maximum absolute atomic E-state index is 13.3. The van der Waals surface area contributed by atoms with Crippen LogP contribution < -0.4 is 14.5 Å². The van der Waals surface area contributed by atoms with Gasteiger partial charge in [0.1, 0.15) is 0 Å². The van der Waals surface area contributed by atoms with Crippen molar-refractivity contribution < 1.29 is 13.2 Å². The minimum absolute atomic E-state index is 0.196. The van der Waals surface area contributed by atoms with E-state index in [0.29, 0.717) is 39.9 Å². The topological polar surface area (TPSA) is 82.6 Å². The molecule has 1 N–H and O–H groups in total. The van der Waals surface area contributed by atoms with Crippen molar-refractivity contribution in [2.45, 2.75) is 38.0 Å². The van der Waals surface area contributed by atoms with Crippen molar-refractivity contribution in [3.05, 3.63) is 82.6 Å². The number of amides is 1. The molecular formula is C28H33ClN4O3S. The third kappa shape index (κ3) is 6.25. The van der Waals surface area contributed by atoms with Crippen LogP contribution in [0.2, 0.25) is 5.02 Å². The fourth-order valence-electron chi connectivity index (χ4n) is 4.69. The second kappa shape index (κ2) is 11.5. The van der Waals surface area contributed by atoms with Crippen LogP contribution >= 0.6 is 11.6 Å². The van der Waals surface area contributed by atoms with Crippen LogP contribution in [0.15, 0.2) is 65.8 Å². The van der Waals surface area contributed by atoms with E-state index in [1.54, 1.807) is 50.2 Å². The first-order valence-corrected chi connectivity index (χ1v) is 14.3. The molecule has 2 aromatic carbocycles. The van der Waals surface area contributed by atoms with Crippen molar-refractivity contribution >= 4 is 38.9 Å². The van der Waals surface area contributed by atoms with E-state index >= 15 is 0 Å². The lowest BCUT2D eigenvalue weighted by atomic mass is 9.93. The standard InChI is InChI=1S/C28H33ClN4O3S/c1-20-18-27(21(2)17-26(20)29)37(35,36)32(3)25-6-4-5-23(19-25)28(34)31-14-7-22-10-15-33(16-11-22)24-8-12-30-13-9-24/h4-6,8-9,12-13,17-19,22H,7,10-11,14-16H2,1-3H3,(H,31,34). The second-order valence-corrected chi connectivity index (χ2v) is 11.9. The molecule has 1 aliphatic rings. The van der Waals surface area contributed by atoms with Gasteiger partial charge >= 0.3 is 0 Å². The van der Waals surface area contributed by atoms with E-state index in [0.717, 1.165) is 32.4 Å². The second-order valence-electron chi connectivity index (χ2n) is 9.57. The van der Waals surface area contributed by atoms with Crippen LogP contribution in [0.1, 0.15) is 40.7 Å². The summed E-state index contributed by atoms with van der Waals surface area (Å²) in [4.78, 5) is 19.5. The predicted molar refractivity (Wildman–Crippen MR) is 149 cm³/mol. The van der Waals surface area contributed by atoms with Crippen molar-refractivity contribution in [1.82, 2.24) is 10.3 Å². The molecular weight excluding hydrogens is 508 g/mol. The maximum atomic E-state index is 13.3. The van der Waals surface area contributed by atoms with Crippen molar-refractivity contribution in [3.8, 4) is 0 Å². The summed E-state index contributed by atoms with van der Waals surface area (Å²) in [5, 5.41) is 3.53. The molecule has 7 nitrogen and oxygen atoms in total. The summed E-state index contributed by atoms with van der Waals surface area (Å²) in [6.07, 6.45) is 6.72. The van der Waals surface area contributed by atoms with Gasteiger partial charge in [-0.2, -0.15) is 0 Å². The van der Waals surface area contributed by atoms with Gasteiger partial charge in [0.05, 0.1) is 10.6 Å². The summed E-state index contributed by atoms with van der Waals surface area (Å²) < 4.78 is 27.9. The Labute approximate surface area is 224 Å². The average molecular weight is 541 g/mol. The van der Waals surface area contributed by atoms with Crippen molar-refractivity contribution in [2.24, 2.45) is 5.92 Å². The molecule has 37 heavy (non-hydrogen) atoms. The van der Waals surface area contributed by atoms with E-state index in [2.05, 4.69) is 15.2 Å². The van der Waals surface area contributed by atoms with Crippen LogP contribution in [0.25, 0.3) is 0 Å². The number of sulfonamides is 1. The third-order valence-corrected chi connectivity index (χ3v) is 9.38. The minimum atomic E-state index is -3.83. The number of piperidine rings is 1. The van der Waals surface area contributed by atoms with E-state index in [9.17, 15) is 13.2 Å². The Morgan fingerprint density at radius 1 is 1.08 bits per heavy atom. The van der Waals surface area contributed by atoms with E-state index in [-0.39, 0.29) is 10.8 Å². The monoisotopic (exact) mass is 540 g/mol. The Balaban J connectivity index is 1.34. The number of aromatic nitrogens is 1. The van der Waals surface area contributed by atoms with Crippen LogP contribution in [0.4, 0.5) is 11.4 Å². The number of hydrogen-bond donors (Lipinski definition) is 1. The van der Waals surface area contributed by atoms with E-state index in [1.165, 1.54) is 17.0 Å². The lowest BCUT2D eigenvalue weighted by molar-refractivity contribution is 0.0950. The molecule has 4 rings (SSSR count). The van der Waals surface area contributed by atoms with Gasteiger partial charge in [-0.1, -0.05) is 17.7 Å². The van der Waals surface area contributed by atoms with Gasteiger partial charge < -0.3 is 10.2 Å². The molecule has 0 atom stereocenters. The number of hydrogen-bond acceptors (Lipinski definition) is 5. The molecule has 1 saturated heterocycles. The molecule has 0 aliphatic carbocycles. The predicted octanol–water partition coefficient (Wildman–Crippen LogP) is 5.21. The number of nitrogens with zero attached hydrogens (tertiary/aromatic N) is 3. The molecule has 196 valence electrons. The SMILES string of the molecule is Cc1cc(S(=O)(=O)N(C)c2cccc(C(=O)NCCC3CCN(c4ccncc4)CC3)c2)c(C)cc1Cl. The number of carbonyl (C=O) groups excluding carboxylic acids is 1. The minimum Gasteiger partial charge on any atom is -0.371 e. The summed E-state index contributed by atoms with van der Waals surface area (Å²) >= 11 is 6.15. The van der Waals surface area contributed by atoms with Crippen molar-refractivity contribution in [2.75, 3.05) is 35.9 Å². The van der Waals surface area contributed by atoms with Gasteiger partial charge in [0.15, 0.2) is 0 Å². The largest absolute Gasteiger partial charge is 0.371 e. The van der Waals surface area contributed by atoms with E-state index < -0.39 is 10.0 Å². The van der Waals surface area contributed by atoms with Crippen molar-refractivity contribution in [3.63, 3.8) is 0 Å². The first kappa shape index (κ1) is 26.9. The molecule has 0 saturated carbocycles. The van der Waals surface area contributed by atoms with Gasteiger partial charge in [-0.15, -0.1) is 0 Å². The number of halogens is 1. The number of pyridine rings is 1. The first-order valence-electron chi connectivity index (χ1n) is 12.5. The molecule has 1 fully saturated rings. The van der Waals surface area contributed by atoms with Gasteiger partial charge in [-0.3, -0.25) is 14.1 Å². The fourth-order valence-corrected chi connectivity index (χ4v) is 6.38. The smallest absolute Gasteiger partial charge is 0.264 e. The maximum Gasteiger partial charge on any atom is 0.264 e. The van der Waals surface area contributed by atoms with E-state index in [1.807, 2.05) is 24.5 Å². The highest BCUT2D eigenvalue weighted by Crippen LogP contribution is 2.29. The summed E-state index contributed by atoms with van der Waals surface area (Å²) in [6.45, 7) is 6.07. The van der Waals surface area contributed by atoms with Crippen molar-refractivity contribution in [1.29, 1.82) is 0 Å². The zero-order valence-electron chi connectivity index (χ0n) is 21.4. The number of rotatable bonds is 8. The first-order chi connectivity index (χ1) is 17.7. The number of aryl methyl sites for hydroxylation is 2. The molecule has 2 heterocycles. The lowest BCUT2D eigenvalue weighted by Crippen LogP contribution is -2.35. The number of nitrogens with one attached hydrogen (secondary N) is 1. The van der Waals surface area contributed by atoms with Crippen LogP contribution in [0.3, 0.4) is 0 Å². The highest BCUT2D eigenvalue weighted by molar-refractivity contribution is 7.92. The normalized spacial score (nSPS) is 14.4. The number of anilines is 2. The molecule has 1 amide bonds. The van der Waals surface area contributed by atoms with E-state index in [4.69, 9.17) is 11.6 Å². The molecule has 0 unspecified atom stereocenters. The molecule has 1 aromatic heterocycles. The Kier molecular flexibility index (Phi) is 8.39. The average Bonchev–Trinajstić information content (AvgIpc) is 2.91. The Bertz CT molecular complexity index is 1360. The quantitative estimate of drug-likeness (QED) is 0.424. The van der Waals surface area contributed by atoms with Gasteiger partial charge in [0.25, 0.3) is 15.9 Å². The Morgan fingerprint density at radius 3 is 2.49 bits per heavy atom. The van der Waals surface area contributed by atoms with Crippen LogP contribution in [-0.2, 0) is 10.0 Å². The number of benzene rings is 2. The summed E-state index contributed by atoms with van der Waals surface area (Å²) in [6, 6.07) is 14.0. The molecule has 1 aliphatic heterocycles. The number of carbonyl (C=O) groups is 1. The Hall–Kier alpha value is -3.10. The fraction of sp³-hybridized carbons (Fsp3) is 0.357. The van der Waals surface area contributed by atoms with Gasteiger partial charge in [0, 0.05) is 55.3 Å². The summed E-state index contributed by atoms with van der Waals surface area (Å²) in [5.41, 5.74) is 3.31. The zero-order chi connectivity index (χ0) is 26.6. The molecule has 0 radical (unpaired) electrons. The van der Waals surface area contributed by atoms with Gasteiger partial charge in [-0.25, -0.2) is 8.42 Å². The molecule has 0 bridgehead atoms. The molecule has 3 aromatic rings. The van der Waals surface area contributed by atoms with Gasteiger partial charge in [0.2, 0.25) is 0 Å². The highest BCUT2D eigenvalue weighted by atomic mass is 35.5. The summed E-state index contributed by atoms with van der Waals surface area (Å²) in [7, 11) is -2.33. The lowest BCUT2D eigenvalue weighted by Gasteiger charge is -2.33. The van der Waals surface area contributed by atoms with Gasteiger partial charge in [-0.05, 0) is 92.6 Å². The van der Waals surface area contributed by atoms with Crippen LogP contribution in [0, 0.1) is 19.8 Å². The molecule has 9 heteroatoms. The Morgan fingerprint density at radius 2 is 1.78 bits per heavy atom. The van der Waals surface area contributed by atoms with Crippen LogP contribution in [-0.4, -0.2) is 46.0 Å². The zero-order valence-corrected chi connectivity index (χ0v) is 23.0.